The minimum absolute atomic E-state index is 0.394. The predicted octanol–water partition coefficient (Wildman–Crippen LogP) is 4.61. The van der Waals surface area contributed by atoms with Crippen LogP contribution in [0.15, 0.2) is 53.5 Å². The number of rotatable bonds is 5. The third-order valence-corrected chi connectivity index (χ3v) is 5.49. The molecular weight excluding hydrogens is 334 g/mol. The molecule has 4 heteroatoms. The van der Waals surface area contributed by atoms with E-state index >= 15 is 0 Å². The molecule has 4 nitrogen and oxygen atoms in total. The monoisotopic (exact) mass is 363 g/mol. The normalized spacial score (nSPS) is 22.0. The summed E-state index contributed by atoms with van der Waals surface area (Å²) in [5.41, 5.74) is 3.68. The van der Waals surface area contributed by atoms with Crippen LogP contribution in [0.3, 0.4) is 0 Å². The predicted molar refractivity (Wildman–Crippen MR) is 112 cm³/mol. The van der Waals surface area contributed by atoms with Gasteiger partial charge in [0.1, 0.15) is 5.75 Å². The Morgan fingerprint density at radius 2 is 1.63 bits per heavy atom. The van der Waals surface area contributed by atoms with Gasteiger partial charge in [-0.25, -0.2) is 0 Å². The minimum Gasteiger partial charge on any atom is -0.490 e. The molecule has 142 valence electrons. The van der Waals surface area contributed by atoms with Gasteiger partial charge in [-0.15, -0.1) is 0 Å². The fraction of sp³-hybridized carbons (Fsp3) is 0.435. The van der Waals surface area contributed by atoms with Crippen molar-refractivity contribution in [1.82, 2.24) is 5.32 Å². The maximum atomic E-state index is 6.16. The van der Waals surface area contributed by atoms with Gasteiger partial charge in [-0.1, -0.05) is 31.2 Å². The summed E-state index contributed by atoms with van der Waals surface area (Å²) < 4.78 is 6.16. The number of benzene rings is 2. The van der Waals surface area contributed by atoms with Crippen molar-refractivity contribution in [3.8, 4) is 5.75 Å². The first kappa shape index (κ1) is 17.9. The first-order valence-corrected chi connectivity index (χ1v) is 10.1. The molecule has 0 aromatic heterocycles. The van der Waals surface area contributed by atoms with Crippen LogP contribution in [0.25, 0.3) is 0 Å². The Morgan fingerprint density at radius 3 is 2.26 bits per heavy atom. The van der Waals surface area contributed by atoms with Gasteiger partial charge in [0.2, 0.25) is 0 Å². The number of nitrogens with one attached hydrogen (secondary N) is 2. The van der Waals surface area contributed by atoms with E-state index in [0.29, 0.717) is 6.10 Å². The molecule has 1 aliphatic heterocycles. The molecule has 0 unspecified atom stereocenters. The van der Waals surface area contributed by atoms with Crippen molar-refractivity contribution in [3.63, 3.8) is 0 Å². The van der Waals surface area contributed by atoms with Crippen LogP contribution in [0.1, 0.15) is 43.7 Å². The highest BCUT2D eigenvalue weighted by atomic mass is 16.5. The Morgan fingerprint density at radius 1 is 0.963 bits per heavy atom. The Labute approximate surface area is 162 Å². The van der Waals surface area contributed by atoms with Crippen molar-refractivity contribution in [1.29, 1.82) is 0 Å². The lowest BCUT2D eigenvalue weighted by Crippen LogP contribution is -2.26. The van der Waals surface area contributed by atoms with Crippen LogP contribution < -0.4 is 15.4 Å². The van der Waals surface area contributed by atoms with Crippen LogP contribution in [0.5, 0.6) is 5.75 Å². The summed E-state index contributed by atoms with van der Waals surface area (Å²) >= 11 is 0. The third-order valence-electron chi connectivity index (χ3n) is 5.49. The van der Waals surface area contributed by atoms with E-state index in [4.69, 9.17) is 4.74 Å². The molecule has 0 amide bonds. The quantitative estimate of drug-likeness (QED) is 0.816. The molecule has 2 aliphatic rings. The summed E-state index contributed by atoms with van der Waals surface area (Å²) in [7, 11) is 0. The van der Waals surface area contributed by atoms with E-state index in [-0.39, 0.29) is 0 Å². The highest BCUT2D eigenvalue weighted by Gasteiger charge is 2.19. The minimum atomic E-state index is 0.394. The summed E-state index contributed by atoms with van der Waals surface area (Å²) in [5.74, 6) is 2.73. The first-order valence-electron chi connectivity index (χ1n) is 10.1. The van der Waals surface area contributed by atoms with E-state index in [1.54, 1.807) is 0 Å². The van der Waals surface area contributed by atoms with E-state index in [9.17, 15) is 0 Å². The zero-order valence-corrected chi connectivity index (χ0v) is 16.1. The largest absolute Gasteiger partial charge is 0.490 e. The molecule has 0 bridgehead atoms. The van der Waals surface area contributed by atoms with E-state index in [1.165, 1.54) is 36.8 Å². The summed E-state index contributed by atoms with van der Waals surface area (Å²) in [6.45, 7) is 4.10. The molecule has 1 aliphatic carbocycles. The van der Waals surface area contributed by atoms with Gasteiger partial charge >= 0.3 is 0 Å². The van der Waals surface area contributed by atoms with Crippen LogP contribution in [0, 0.1) is 5.92 Å². The molecule has 1 saturated carbocycles. The number of ether oxygens (including phenoxy) is 1. The number of anilines is 1. The second-order valence-corrected chi connectivity index (χ2v) is 7.80. The van der Waals surface area contributed by atoms with Crippen molar-refractivity contribution in [3.05, 3.63) is 59.7 Å². The molecule has 1 fully saturated rings. The van der Waals surface area contributed by atoms with E-state index in [0.717, 1.165) is 42.8 Å². The summed E-state index contributed by atoms with van der Waals surface area (Å²) in [6.07, 6.45) is 6.27. The number of aliphatic imine (C=N–C) groups is 1. The van der Waals surface area contributed by atoms with Gasteiger partial charge in [-0.2, -0.15) is 0 Å². The molecule has 0 saturated heterocycles. The van der Waals surface area contributed by atoms with Crippen LogP contribution in [0.2, 0.25) is 0 Å². The lowest BCUT2D eigenvalue weighted by Gasteiger charge is -2.26. The van der Waals surface area contributed by atoms with Crippen molar-refractivity contribution in [2.24, 2.45) is 10.9 Å². The maximum absolute atomic E-state index is 6.16. The highest BCUT2D eigenvalue weighted by Crippen LogP contribution is 2.27. The van der Waals surface area contributed by atoms with Crippen molar-refractivity contribution >= 4 is 11.6 Å². The fourth-order valence-corrected chi connectivity index (χ4v) is 3.79. The van der Waals surface area contributed by atoms with Gasteiger partial charge in [0, 0.05) is 12.2 Å². The van der Waals surface area contributed by atoms with E-state index in [1.807, 2.05) is 0 Å². The molecule has 2 N–H and O–H groups in total. The number of hydrogen-bond acceptors (Lipinski definition) is 4. The highest BCUT2D eigenvalue weighted by molar-refractivity contribution is 5.94. The topological polar surface area (TPSA) is 45.6 Å². The molecule has 0 radical (unpaired) electrons. The van der Waals surface area contributed by atoms with Gasteiger partial charge in [-0.05, 0) is 73.4 Å². The van der Waals surface area contributed by atoms with Crippen LogP contribution >= 0.6 is 0 Å². The zero-order valence-electron chi connectivity index (χ0n) is 16.1. The van der Waals surface area contributed by atoms with Crippen molar-refractivity contribution in [2.75, 3.05) is 18.4 Å². The van der Waals surface area contributed by atoms with Gasteiger partial charge in [0.05, 0.1) is 12.6 Å². The van der Waals surface area contributed by atoms with Gasteiger partial charge in [0.15, 0.2) is 5.96 Å². The lowest BCUT2D eigenvalue weighted by atomic mass is 9.89. The Balaban J connectivity index is 1.30. The lowest BCUT2D eigenvalue weighted by molar-refractivity contribution is 0.135. The second-order valence-electron chi connectivity index (χ2n) is 7.80. The van der Waals surface area contributed by atoms with E-state index in [2.05, 4.69) is 71.1 Å². The molecule has 27 heavy (non-hydrogen) atoms. The first-order chi connectivity index (χ1) is 13.2. The third kappa shape index (κ3) is 5.03. The van der Waals surface area contributed by atoms with Crippen LogP contribution in [0.4, 0.5) is 5.69 Å². The Bertz CT molecular complexity index is 759. The summed E-state index contributed by atoms with van der Waals surface area (Å²) in [5, 5.41) is 6.53. The van der Waals surface area contributed by atoms with Crippen molar-refractivity contribution < 1.29 is 4.74 Å². The average Bonchev–Trinajstić information content (AvgIpc) is 3.20. The van der Waals surface area contributed by atoms with Crippen LogP contribution in [-0.2, 0) is 6.42 Å². The number of guanidine groups is 1. The molecule has 0 spiro atoms. The number of hydrogen-bond donors (Lipinski definition) is 2. The molecule has 1 heterocycles. The summed E-state index contributed by atoms with van der Waals surface area (Å²) in [4.78, 5) is 4.36. The second kappa shape index (κ2) is 8.47. The average molecular weight is 364 g/mol. The van der Waals surface area contributed by atoms with E-state index < -0.39 is 0 Å². The molecule has 0 atom stereocenters. The standard InChI is InChI=1S/C23H29N3O/c1-17-2-10-21(11-3-17)27-22-12-6-19(7-13-22)16-18-4-8-20(9-5-18)26-23-24-14-15-25-23/h4-9,12-13,17,21H,2-3,10-11,14-16H2,1H3,(H2,24,25,26). The molecule has 2 aromatic carbocycles. The van der Waals surface area contributed by atoms with Gasteiger partial charge < -0.3 is 15.4 Å². The van der Waals surface area contributed by atoms with Gasteiger partial charge in [-0.3, -0.25) is 4.99 Å². The van der Waals surface area contributed by atoms with Gasteiger partial charge in [0.25, 0.3) is 0 Å². The molecule has 2 aromatic rings. The molecular formula is C23H29N3O. The Kier molecular flexibility index (Phi) is 5.61. The Hall–Kier alpha value is -2.49. The van der Waals surface area contributed by atoms with Crippen LogP contribution in [-0.4, -0.2) is 25.2 Å². The number of nitrogens with zero attached hydrogens (tertiary/aromatic N) is 1. The summed E-state index contributed by atoms with van der Waals surface area (Å²) in [6, 6.07) is 17.2. The zero-order chi connectivity index (χ0) is 18.5. The fourth-order valence-electron chi connectivity index (χ4n) is 3.79. The SMILES string of the molecule is CC1CCC(Oc2ccc(Cc3ccc(NC4=NCCN4)cc3)cc2)CC1. The maximum Gasteiger partial charge on any atom is 0.195 e. The smallest absolute Gasteiger partial charge is 0.195 e. The molecule has 4 rings (SSSR count). The van der Waals surface area contributed by atoms with Crippen molar-refractivity contribution in [2.45, 2.75) is 45.1 Å².